The first-order valence-electron chi connectivity index (χ1n) is 10.1. The lowest BCUT2D eigenvalue weighted by atomic mass is 9.86. The lowest BCUT2D eigenvalue weighted by molar-refractivity contribution is 0.406. The maximum atomic E-state index is 12.1. The van der Waals surface area contributed by atoms with E-state index in [1.807, 2.05) is 12.1 Å². The van der Waals surface area contributed by atoms with Crippen LogP contribution in [0.3, 0.4) is 0 Å². The molecule has 29 heavy (non-hydrogen) atoms. The zero-order valence-electron chi connectivity index (χ0n) is 16.5. The van der Waals surface area contributed by atoms with Gasteiger partial charge in [0.1, 0.15) is 5.69 Å². The summed E-state index contributed by atoms with van der Waals surface area (Å²) in [6.45, 7) is 1.49. The molecule has 1 atom stereocenters. The van der Waals surface area contributed by atoms with Crippen LogP contribution in [0.15, 0.2) is 34.3 Å². The molecule has 3 N–H and O–H groups in total. The number of halogens is 1. The molecule has 0 saturated heterocycles. The summed E-state index contributed by atoms with van der Waals surface area (Å²) in [5, 5.41) is 17.3. The average molecular weight is 416 g/mol. The molecule has 2 aliphatic rings. The number of rotatable bonds is 7. The summed E-state index contributed by atoms with van der Waals surface area (Å²) >= 11 is 6.61. The molecule has 1 unspecified atom stereocenters. The van der Waals surface area contributed by atoms with Crippen molar-refractivity contribution in [2.45, 2.75) is 38.6 Å². The van der Waals surface area contributed by atoms with E-state index in [-0.39, 0.29) is 11.6 Å². The van der Waals surface area contributed by atoms with Crippen molar-refractivity contribution in [1.29, 1.82) is 5.53 Å². The predicted molar refractivity (Wildman–Crippen MR) is 114 cm³/mol. The molecule has 0 radical (unpaired) electrons. The third-order valence-electron chi connectivity index (χ3n) is 5.97. The smallest absolute Gasteiger partial charge is 0.330 e. The topological polar surface area (TPSA) is 95.4 Å². The number of aromatic nitrogens is 2. The Morgan fingerprint density at radius 1 is 1.31 bits per heavy atom. The molecule has 0 bridgehead atoms. The van der Waals surface area contributed by atoms with Crippen LogP contribution in [-0.2, 0) is 13.6 Å². The van der Waals surface area contributed by atoms with E-state index in [0.29, 0.717) is 23.2 Å². The number of imidazole rings is 1. The summed E-state index contributed by atoms with van der Waals surface area (Å²) in [7, 11) is 1.56. The SMILES string of the molecule is Cn1c(O)cn(CC2CC=C(c3ccc(NCC4CC4)c(N=N)c3Cl)CC2)c1=O. The molecule has 1 saturated carbocycles. The van der Waals surface area contributed by atoms with Gasteiger partial charge in [-0.05, 0) is 61.1 Å². The van der Waals surface area contributed by atoms with E-state index in [1.54, 1.807) is 11.6 Å². The van der Waals surface area contributed by atoms with Gasteiger partial charge in [0, 0.05) is 20.1 Å². The Balaban J connectivity index is 1.48. The van der Waals surface area contributed by atoms with Gasteiger partial charge in [-0.25, -0.2) is 10.3 Å². The Morgan fingerprint density at radius 2 is 2.10 bits per heavy atom. The molecule has 0 aliphatic heterocycles. The van der Waals surface area contributed by atoms with Gasteiger partial charge in [0.25, 0.3) is 0 Å². The molecule has 0 amide bonds. The summed E-state index contributed by atoms with van der Waals surface area (Å²) < 4.78 is 2.82. The zero-order chi connectivity index (χ0) is 20.5. The standard InChI is InChI=1S/C21H26ClN5O2/c1-26-18(28)12-27(21(26)29)11-14-4-6-15(7-5-14)16-8-9-17(20(25-23)19(16)22)24-10-13-2-3-13/h6,8-9,12-14,23-24,28H,2-5,7,10-11H2,1H3. The van der Waals surface area contributed by atoms with Gasteiger partial charge in [-0.3, -0.25) is 9.13 Å². The quantitative estimate of drug-likeness (QED) is 0.560. The second-order valence-electron chi connectivity index (χ2n) is 8.11. The maximum absolute atomic E-state index is 12.1. The molecular formula is C21H26ClN5O2. The number of hydrogen-bond donors (Lipinski definition) is 3. The fourth-order valence-electron chi connectivity index (χ4n) is 3.92. The van der Waals surface area contributed by atoms with Crippen molar-refractivity contribution >= 4 is 28.5 Å². The van der Waals surface area contributed by atoms with Crippen LogP contribution in [0.1, 0.15) is 37.7 Å². The van der Waals surface area contributed by atoms with Crippen molar-refractivity contribution < 1.29 is 5.11 Å². The van der Waals surface area contributed by atoms with Crippen LogP contribution < -0.4 is 11.0 Å². The Morgan fingerprint density at radius 3 is 2.69 bits per heavy atom. The molecule has 4 rings (SSSR count). The van der Waals surface area contributed by atoms with Gasteiger partial charge in [0.2, 0.25) is 5.88 Å². The monoisotopic (exact) mass is 415 g/mol. The van der Waals surface area contributed by atoms with E-state index >= 15 is 0 Å². The molecule has 1 aromatic heterocycles. The summed E-state index contributed by atoms with van der Waals surface area (Å²) in [5.41, 5.74) is 10.8. The van der Waals surface area contributed by atoms with Crippen molar-refractivity contribution in [3.63, 3.8) is 0 Å². The minimum atomic E-state index is -0.198. The summed E-state index contributed by atoms with van der Waals surface area (Å²) in [5.74, 6) is 1.04. The van der Waals surface area contributed by atoms with E-state index in [0.717, 1.165) is 48.5 Å². The van der Waals surface area contributed by atoms with Crippen LogP contribution in [0.2, 0.25) is 5.02 Å². The number of aromatic hydroxyl groups is 1. The first kappa shape index (κ1) is 19.8. The van der Waals surface area contributed by atoms with E-state index in [4.69, 9.17) is 17.1 Å². The number of nitrogens with one attached hydrogen (secondary N) is 2. The lowest BCUT2D eigenvalue weighted by Crippen LogP contribution is -2.25. The van der Waals surface area contributed by atoms with E-state index in [2.05, 4.69) is 16.5 Å². The second kappa shape index (κ2) is 8.06. The van der Waals surface area contributed by atoms with Gasteiger partial charge in [-0.1, -0.05) is 23.7 Å². The van der Waals surface area contributed by atoms with Crippen LogP contribution in [0.25, 0.3) is 5.57 Å². The van der Waals surface area contributed by atoms with Crippen LogP contribution in [0, 0.1) is 17.4 Å². The van der Waals surface area contributed by atoms with Gasteiger partial charge >= 0.3 is 5.69 Å². The predicted octanol–water partition coefficient (Wildman–Crippen LogP) is 4.91. The molecule has 2 aliphatic carbocycles. The minimum Gasteiger partial charge on any atom is -0.493 e. The van der Waals surface area contributed by atoms with Gasteiger partial charge < -0.3 is 10.4 Å². The first-order chi connectivity index (χ1) is 14.0. The highest BCUT2D eigenvalue weighted by molar-refractivity contribution is 6.35. The van der Waals surface area contributed by atoms with Crippen LogP contribution >= 0.6 is 11.6 Å². The number of nitrogens with zero attached hydrogens (tertiary/aromatic N) is 3. The van der Waals surface area contributed by atoms with Crippen LogP contribution in [-0.4, -0.2) is 20.8 Å². The zero-order valence-corrected chi connectivity index (χ0v) is 17.2. The molecule has 154 valence electrons. The maximum Gasteiger partial charge on any atom is 0.330 e. The van der Waals surface area contributed by atoms with Gasteiger partial charge in [-0.2, -0.15) is 5.11 Å². The summed E-state index contributed by atoms with van der Waals surface area (Å²) in [4.78, 5) is 12.1. The van der Waals surface area contributed by atoms with Crippen molar-refractivity contribution in [1.82, 2.24) is 9.13 Å². The highest BCUT2D eigenvalue weighted by Gasteiger charge is 2.23. The van der Waals surface area contributed by atoms with Crippen molar-refractivity contribution in [2.24, 2.45) is 24.0 Å². The van der Waals surface area contributed by atoms with Crippen LogP contribution in [0.5, 0.6) is 5.88 Å². The third kappa shape index (κ3) is 4.10. The Bertz CT molecular complexity index is 1020. The fraction of sp³-hybridized carbons (Fsp3) is 0.476. The van der Waals surface area contributed by atoms with E-state index < -0.39 is 0 Å². The summed E-state index contributed by atoms with van der Waals surface area (Å²) in [6.07, 6.45) is 8.80. The highest BCUT2D eigenvalue weighted by atomic mass is 35.5. The normalized spacial score (nSPS) is 19.1. The fourth-order valence-corrected chi connectivity index (χ4v) is 4.25. The molecule has 1 fully saturated rings. The highest BCUT2D eigenvalue weighted by Crippen LogP contribution is 2.42. The Kier molecular flexibility index (Phi) is 5.50. The molecule has 0 spiro atoms. The number of allylic oxidation sites excluding steroid dienone is 2. The van der Waals surface area contributed by atoms with Gasteiger partial charge in [0.15, 0.2) is 0 Å². The number of anilines is 1. The molecular weight excluding hydrogens is 390 g/mol. The van der Waals surface area contributed by atoms with E-state index in [1.165, 1.54) is 23.6 Å². The minimum absolute atomic E-state index is 0.0177. The van der Waals surface area contributed by atoms with Gasteiger partial charge in [-0.15, -0.1) is 0 Å². The number of hydrogen-bond acceptors (Lipinski definition) is 5. The largest absolute Gasteiger partial charge is 0.493 e. The second-order valence-corrected chi connectivity index (χ2v) is 8.49. The number of benzene rings is 1. The molecule has 8 heteroatoms. The summed E-state index contributed by atoms with van der Waals surface area (Å²) in [6, 6.07) is 3.98. The molecule has 1 aromatic carbocycles. The lowest BCUT2D eigenvalue weighted by Gasteiger charge is -2.23. The first-order valence-corrected chi connectivity index (χ1v) is 10.4. The average Bonchev–Trinajstić information content (AvgIpc) is 3.52. The molecule has 2 aromatic rings. The van der Waals surface area contributed by atoms with Crippen molar-refractivity contribution in [3.05, 3.63) is 45.5 Å². The third-order valence-corrected chi connectivity index (χ3v) is 6.36. The van der Waals surface area contributed by atoms with Crippen molar-refractivity contribution in [3.8, 4) is 5.88 Å². The molecule has 7 nitrogen and oxygen atoms in total. The molecule has 1 heterocycles. The van der Waals surface area contributed by atoms with Gasteiger partial charge in [0.05, 0.1) is 16.9 Å². The van der Waals surface area contributed by atoms with E-state index in [9.17, 15) is 9.90 Å². The Hall–Kier alpha value is -2.54. The van der Waals surface area contributed by atoms with Crippen LogP contribution in [0.4, 0.5) is 11.4 Å². The van der Waals surface area contributed by atoms with Crippen molar-refractivity contribution in [2.75, 3.05) is 11.9 Å². The Labute approximate surface area is 174 Å².